The standard InChI is InChI=1S/C13H12ClNO2S2/c1-19(16,17)15-12-4-2-3-5-13(12)18-11-8-6-10(14)7-9-11/h2-9,15H,1H3. The van der Waals surface area contributed by atoms with E-state index in [2.05, 4.69) is 4.72 Å². The minimum absolute atomic E-state index is 0.574. The minimum Gasteiger partial charge on any atom is -0.283 e. The van der Waals surface area contributed by atoms with Gasteiger partial charge >= 0.3 is 0 Å². The van der Waals surface area contributed by atoms with E-state index in [1.54, 1.807) is 24.3 Å². The number of halogens is 1. The third-order valence-electron chi connectivity index (χ3n) is 2.22. The average molecular weight is 314 g/mol. The first-order chi connectivity index (χ1) is 8.94. The fourth-order valence-corrected chi connectivity index (χ4v) is 3.14. The maximum Gasteiger partial charge on any atom is 0.229 e. The van der Waals surface area contributed by atoms with Crippen LogP contribution in [0.4, 0.5) is 5.69 Å². The molecular formula is C13H12ClNO2S2. The Morgan fingerprint density at radius 3 is 2.32 bits per heavy atom. The van der Waals surface area contributed by atoms with Crippen molar-refractivity contribution in [2.45, 2.75) is 9.79 Å². The van der Waals surface area contributed by atoms with Crippen molar-refractivity contribution in [3.05, 3.63) is 53.6 Å². The lowest BCUT2D eigenvalue weighted by atomic mass is 10.3. The first-order valence-electron chi connectivity index (χ1n) is 5.44. The molecule has 19 heavy (non-hydrogen) atoms. The molecule has 0 unspecified atom stereocenters. The summed E-state index contributed by atoms with van der Waals surface area (Å²) in [6.07, 6.45) is 1.14. The van der Waals surface area contributed by atoms with Crippen LogP contribution in [0.1, 0.15) is 0 Å². The molecule has 1 N–H and O–H groups in total. The van der Waals surface area contributed by atoms with Gasteiger partial charge < -0.3 is 0 Å². The van der Waals surface area contributed by atoms with E-state index in [1.807, 2.05) is 24.3 Å². The lowest BCUT2D eigenvalue weighted by Crippen LogP contribution is -2.10. The summed E-state index contributed by atoms with van der Waals surface area (Å²) in [5, 5.41) is 0.673. The van der Waals surface area contributed by atoms with Crippen molar-refractivity contribution in [1.82, 2.24) is 0 Å². The predicted molar refractivity (Wildman–Crippen MR) is 80.5 cm³/mol. The lowest BCUT2D eigenvalue weighted by molar-refractivity contribution is 0.606. The fraction of sp³-hybridized carbons (Fsp3) is 0.0769. The van der Waals surface area contributed by atoms with Crippen LogP contribution in [0.25, 0.3) is 0 Å². The Balaban J connectivity index is 2.27. The van der Waals surface area contributed by atoms with E-state index >= 15 is 0 Å². The van der Waals surface area contributed by atoms with Gasteiger partial charge in [0.25, 0.3) is 0 Å². The maximum atomic E-state index is 11.3. The largest absolute Gasteiger partial charge is 0.283 e. The number of anilines is 1. The molecule has 2 aromatic carbocycles. The number of hydrogen-bond donors (Lipinski definition) is 1. The summed E-state index contributed by atoms with van der Waals surface area (Å²) in [6, 6.07) is 14.7. The zero-order valence-electron chi connectivity index (χ0n) is 10.1. The molecule has 0 atom stereocenters. The summed E-state index contributed by atoms with van der Waals surface area (Å²) in [5.74, 6) is 0. The molecule has 100 valence electrons. The zero-order chi connectivity index (χ0) is 13.9. The highest BCUT2D eigenvalue weighted by Gasteiger charge is 2.08. The van der Waals surface area contributed by atoms with Gasteiger partial charge in [-0.3, -0.25) is 4.72 Å². The Kier molecular flexibility index (Phi) is 4.39. The molecule has 3 nitrogen and oxygen atoms in total. The van der Waals surface area contributed by atoms with Crippen LogP contribution in [0.5, 0.6) is 0 Å². The Morgan fingerprint density at radius 2 is 1.68 bits per heavy atom. The fourth-order valence-electron chi connectivity index (χ4n) is 1.47. The summed E-state index contributed by atoms with van der Waals surface area (Å²) in [6.45, 7) is 0. The van der Waals surface area contributed by atoms with Gasteiger partial charge in [-0.25, -0.2) is 8.42 Å². The van der Waals surface area contributed by atoms with Crippen LogP contribution in [-0.4, -0.2) is 14.7 Å². The average Bonchev–Trinajstić information content (AvgIpc) is 2.33. The van der Waals surface area contributed by atoms with Gasteiger partial charge in [-0.2, -0.15) is 0 Å². The van der Waals surface area contributed by atoms with Crippen molar-refractivity contribution in [2.24, 2.45) is 0 Å². The maximum absolute atomic E-state index is 11.3. The van der Waals surface area contributed by atoms with Gasteiger partial charge in [0.2, 0.25) is 10.0 Å². The topological polar surface area (TPSA) is 46.2 Å². The van der Waals surface area contributed by atoms with Crippen molar-refractivity contribution >= 4 is 39.1 Å². The van der Waals surface area contributed by atoms with Crippen LogP contribution in [0.3, 0.4) is 0 Å². The first kappa shape index (κ1) is 14.2. The van der Waals surface area contributed by atoms with Crippen LogP contribution < -0.4 is 4.72 Å². The van der Waals surface area contributed by atoms with E-state index in [0.29, 0.717) is 10.7 Å². The van der Waals surface area contributed by atoms with Gasteiger partial charge in [0, 0.05) is 14.8 Å². The van der Waals surface area contributed by atoms with E-state index < -0.39 is 10.0 Å². The molecule has 0 saturated carbocycles. The molecular weight excluding hydrogens is 302 g/mol. The van der Waals surface area contributed by atoms with Crippen LogP contribution >= 0.6 is 23.4 Å². The van der Waals surface area contributed by atoms with Crippen LogP contribution in [0, 0.1) is 0 Å². The van der Waals surface area contributed by atoms with E-state index in [1.165, 1.54) is 11.8 Å². The Labute approximate surface area is 122 Å². The zero-order valence-corrected chi connectivity index (χ0v) is 12.5. The van der Waals surface area contributed by atoms with Gasteiger partial charge in [0.05, 0.1) is 11.9 Å². The molecule has 0 aliphatic rings. The van der Waals surface area contributed by atoms with E-state index in [-0.39, 0.29) is 0 Å². The third-order valence-corrected chi connectivity index (χ3v) is 4.15. The molecule has 6 heteroatoms. The van der Waals surface area contributed by atoms with Crippen molar-refractivity contribution in [2.75, 3.05) is 11.0 Å². The van der Waals surface area contributed by atoms with Gasteiger partial charge in [0.15, 0.2) is 0 Å². The molecule has 0 saturated heterocycles. The minimum atomic E-state index is -3.28. The number of nitrogens with one attached hydrogen (secondary N) is 1. The molecule has 0 spiro atoms. The molecule has 0 heterocycles. The van der Waals surface area contributed by atoms with Crippen molar-refractivity contribution in [3.8, 4) is 0 Å². The lowest BCUT2D eigenvalue weighted by Gasteiger charge is -2.10. The number of rotatable bonds is 4. The second-order valence-electron chi connectivity index (χ2n) is 3.93. The molecule has 0 aliphatic carbocycles. The Morgan fingerprint density at radius 1 is 1.05 bits per heavy atom. The van der Waals surface area contributed by atoms with Crippen LogP contribution in [0.15, 0.2) is 58.3 Å². The molecule has 0 fully saturated rings. The number of hydrogen-bond acceptors (Lipinski definition) is 3. The third kappa shape index (κ3) is 4.45. The van der Waals surface area contributed by atoms with Crippen molar-refractivity contribution in [3.63, 3.8) is 0 Å². The van der Waals surface area contributed by atoms with Crippen molar-refractivity contribution in [1.29, 1.82) is 0 Å². The summed E-state index contributed by atoms with van der Waals surface area (Å²) in [7, 11) is -3.28. The normalized spacial score (nSPS) is 11.3. The molecule has 0 radical (unpaired) electrons. The highest BCUT2D eigenvalue weighted by Crippen LogP contribution is 2.34. The quantitative estimate of drug-likeness (QED) is 0.932. The summed E-state index contributed by atoms with van der Waals surface area (Å²) < 4.78 is 25.1. The molecule has 2 aromatic rings. The monoisotopic (exact) mass is 313 g/mol. The van der Waals surface area contributed by atoms with Gasteiger partial charge in [0.1, 0.15) is 0 Å². The van der Waals surface area contributed by atoms with E-state index in [9.17, 15) is 8.42 Å². The van der Waals surface area contributed by atoms with Crippen molar-refractivity contribution < 1.29 is 8.42 Å². The highest BCUT2D eigenvalue weighted by molar-refractivity contribution is 7.99. The number of benzene rings is 2. The summed E-state index contributed by atoms with van der Waals surface area (Å²) in [5.41, 5.74) is 0.574. The SMILES string of the molecule is CS(=O)(=O)Nc1ccccc1Sc1ccc(Cl)cc1. The molecule has 0 bridgehead atoms. The Bertz CT molecular complexity index is 669. The highest BCUT2D eigenvalue weighted by atomic mass is 35.5. The summed E-state index contributed by atoms with van der Waals surface area (Å²) in [4.78, 5) is 1.84. The second-order valence-corrected chi connectivity index (χ2v) is 7.23. The first-order valence-corrected chi connectivity index (χ1v) is 8.53. The predicted octanol–water partition coefficient (Wildman–Crippen LogP) is 3.86. The van der Waals surface area contributed by atoms with Crippen LogP contribution in [-0.2, 0) is 10.0 Å². The van der Waals surface area contributed by atoms with Crippen LogP contribution in [0.2, 0.25) is 5.02 Å². The number of sulfonamides is 1. The molecule has 0 aliphatic heterocycles. The van der Waals surface area contributed by atoms with Gasteiger partial charge in [-0.15, -0.1) is 0 Å². The smallest absolute Gasteiger partial charge is 0.229 e. The molecule has 2 rings (SSSR count). The summed E-state index contributed by atoms with van der Waals surface area (Å²) >= 11 is 7.31. The second kappa shape index (κ2) is 5.86. The van der Waals surface area contributed by atoms with E-state index in [4.69, 9.17) is 11.6 Å². The number of para-hydroxylation sites is 1. The molecule has 0 amide bonds. The Hall–Kier alpha value is -1.17. The van der Waals surface area contributed by atoms with Gasteiger partial charge in [-0.1, -0.05) is 35.5 Å². The molecule has 0 aromatic heterocycles. The van der Waals surface area contributed by atoms with E-state index in [0.717, 1.165) is 16.0 Å². The van der Waals surface area contributed by atoms with Gasteiger partial charge in [-0.05, 0) is 36.4 Å².